The van der Waals surface area contributed by atoms with E-state index in [1.54, 1.807) is 6.92 Å². The SMILES string of the molecule is CC(=[N+]=[N-])C(=C(C)C)c1ccccc1. The van der Waals surface area contributed by atoms with E-state index in [1.807, 2.05) is 44.2 Å². The summed E-state index contributed by atoms with van der Waals surface area (Å²) in [6.07, 6.45) is 0. The van der Waals surface area contributed by atoms with Gasteiger partial charge in [0.25, 0.3) is 5.71 Å². The van der Waals surface area contributed by atoms with Crippen molar-refractivity contribution in [1.82, 2.24) is 0 Å². The van der Waals surface area contributed by atoms with E-state index in [0.29, 0.717) is 5.71 Å². The molecule has 2 nitrogen and oxygen atoms in total. The van der Waals surface area contributed by atoms with Gasteiger partial charge < -0.3 is 5.53 Å². The van der Waals surface area contributed by atoms with Gasteiger partial charge in [0.2, 0.25) is 0 Å². The Bertz CT molecular complexity index is 392. The minimum absolute atomic E-state index is 0.649. The van der Waals surface area contributed by atoms with Crippen LogP contribution in [0.1, 0.15) is 26.3 Å². The Balaban J connectivity index is 3.30. The van der Waals surface area contributed by atoms with E-state index in [1.165, 1.54) is 0 Å². The molecule has 0 N–H and O–H groups in total. The zero-order chi connectivity index (χ0) is 10.6. The molecule has 14 heavy (non-hydrogen) atoms. The summed E-state index contributed by atoms with van der Waals surface area (Å²) in [7, 11) is 0. The lowest BCUT2D eigenvalue weighted by Crippen LogP contribution is -1.99. The lowest BCUT2D eigenvalue weighted by molar-refractivity contribution is -0.00309. The van der Waals surface area contributed by atoms with Gasteiger partial charge in [0.1, 0.15) is 0 Å². The first-order valence-electron chi connectivity index (χ1n) is 4.58. The van der Waals surface area contributed by atoms with Crippen LogP contribution in [0, 0.1) is 0 Å². The molecule has 0 bridgehead atoms. The smallest absolute Gasteiger partial charge is 0.296 e. The molecule has 0 fully saturated rings. The molecule has 0 atom stereocenters. The largest absolute Gasteiger partial charge is 0.361 e. The molecule has 1 aromatic carbocycles. The number of hydrogen-bond donors (Lipinski definition) is 0. The summed E-state index contributed by atoms with van der Waals surface area (Å²) in [6.45, 7) is 5.82. The Hall–Kier alpha value is -1.66. The molecule has 1 aromatic rings. The number of allylic oxidation sites excluding steroid dienone is 2. The third kappa shape index (κ3) is 2.18. The van der Waals surface area contributed by atoms with Crippen LogP contribution in [0.5, 0.6) is 0 Å². The molecule has 0 aliphatic rings. The van der Waals surface area contributed by atoms with E-state index in [-0.39, 0.29) is 0 Å². The maximum atomic E-state index is 8.77. The fraction of sp³-hybridized carbons (Fsp3) is 0.250. The lowest BCUT2D eigenvalue weighted by Gasteiger charge is -2.03. The minimum atomic E-state index is 0.649. The van der Waals surface area contributed by atoms with Crippen LogP contribution >= 0.6 is 0 Å². The molecule has 0 saturated heterocycles. The number of hydrogen-bond acceptors (Lipinski definition) is 0. The highest BCUT2D eigenvalue weighted by molar-refractivity contribution is 6.20. The van der Waals surface area contributed by atoms with E-state index >= 15 is 0 Å². The second-order valence-electron chi connectivity index (χ2n) is 3.43. The molecular formula is C12H14N2. The first-order chi connectivity index (χ1) is 6.66. The van der Waals surface area contributed by atoms with Gasteiger partial charge in [0, 0.05) is 6.92 Å². The predicted octanol–water partition coefficient (Wildman–Crippen LogP) is 3.17. The van der Waals surface area contributed by atoms with Crippen LogP contribution in [0.3, 0.4) is 0 Å². The Morgan fingerprint density at radius 3 is 2.07 bits per heavy atom. The van der Waals surface area contributed by atoms with Crippen molar-refractivity contribution in [2.24, 2.45) is 0 Å². The third-order valence-electron chi connectivity index (χ3n) is 2.07. The Morgan fingerprint density at radius 1 is 1.07 bits per heavy atom. The fourth-order valence-electron chi connectivity index (χ4n) is 1.51. The Labute approximate surface area is 84.5 Å². The topological polar surface area (TPSA) is 36.4 Å². The van der Waals surface area contributed by atoms with Crippen LogP contribution in [0.2, 0.25) is 0 Å². The van der Waals surface area contributed by atoms with Crippen molar-refractivity contribution in [3.8, 4) is 0 Å². The normalized spacial score (nSPS) is 9.07. The molecule has 0 amide bonds. The summed E-state index contributed by atoms with van der Waals surface area (Å²) in [4.78, 5) is 3.25. The molecule has 2 heteroatoms. The van der Waals surface area contributed by atoms with Crippen LogP contribution < -0.4 is 0 Å². The number of nitrogens with zero attached hydrogens (tertiary/aromatic N) is 2. The summed E-state index contributed by atoms with van der Waals surface area (Å²) in [6, 6.07) is 9.94. The van der Waals surface area contributed by atoms with Crippen LogP contribution in [0.4, 0.5) is 0 Å². The molecule has 0 saturated carbocycles. The van der Waals surface area contributed by atoms with Gasteiger partial charge in [-0.3, -0.25) is 0 Å². The number of rotatable bonds is 2. The van der Waals surface area contributed by atoms with Crippen molar-refractivity contribution < 1.29 is 4.79 Å². The molecule has 0 spiro atoms. The summed E-state index contributed by atoms with van der Waals surface area (Å²) < 4.78 is 0. The van der Waals surface area contributed by atoms with E-state index in [2.05, 4.69) is 4.79 Å². The van der Waals surface area contributed by atoms with Crippen molar-refractivity contribution in [2.75, 3.05) is 0 Å². The molecule has 0 unspecified atom stereocenters. The zero-order valence-corrected chi connectivity index (χ0v) is 8.78. The van der Waals surface area contributed by atoms with E-state index < -0.39 is 0 Å². The fourth-order valence-corrected chi connectivity index (χ4v) is 1.51. The van der Waals surface area contributed by atoms with E-state index in [4.69, 9.17) is 5.53 Å². The molecular weight excluding hydrogens is 172 g/mol. The molecule has 72 valence electrons. The van der Waals surface area contributed by atoms with Gasteiger partial charge in [-0.15, -0.1) is 0 Å². The average Bonchev–Trinajstić information content (AvgIpc) is 2.19. The molecule has 0 heterocycles. The van der Waals surface area contributed by atoms with Crippen LogP contribution in [-0.4, -0.2) is 10.5 Å². The molecule has 0 aliphatic carbocycles. The van der Waals surface area contributed by atoms with Crippen molar-refractivity contribution >= 4 is 11.3 Å². The average molecular weight is 186 g/mol. The summed E-state index contributed by atoms with van der Waals surface area (Å²) in [5.74, 6) is 0. The van der Waals surface area contributed by atoms with E-state index in [9.17, 15) is 0 Å². The number of benzene rings is 1. The highest BCUT2D eigenvalue weighted by Gasteiger charge is 2.12. The highest BCUT2D eigenvalue weighted by atomic mass is 14.8. The Kier molecular flexibility index (Phi) is 3.38. The van der Waals surface area contributed by atoms with E-state index in [0.717, 1.165) is 16.7 Å². The monoisotopic (exact) mass is 186 g/mol. The van der Waals surface area contributed by atoms with Crippen LogP contribution in [0.25, 0.3) is 11.1 Å². The molecule has 0 radical (unpaired) electrons. The summed E-state index contributed by atoms with van der Waals surface area (Å²) in [5.41, 5.74) is 12.7. The quantitative estimate of drug-likeness (QED) is 0.386. The van der Waals surface area contributed by atoms with Gasteiger partial charge in [0.15, 0.2) is 0 Å². The van der Waals surface area contributed by atoms with Crippen LogP contribution in [0.15, 0.2) is 35.9 Å². The second-order valence-corrected chi connectivity index (χ2v) is 3.43. The first kappa shape index (κ1) is 10.4. The van der Waals surface area contributed by atoms with Crippen LogP contribution in [-0.2, 0) is 0 Å². The zero-order valence-electron chi connectivity index (χ0n) is 8.78. The van der Waals surface area contributed by atoms with Gasteiger partial charge in [-0.2, -0.15) is 4.79 Å². The van der Waals surface area contributed by atoms with Gasteiger partial charge in [-0.25, -0.2) is 0 Å². The van der Waals surface area contributed by atoms with Gasteiger partial charge in [-0.05, 0) is 19.4 Å². The predicted molar refractivity (Wildman–Crippen MR) is 59.0 cm³/mol. The minimum Gasteiger partial charge on any atom is -0.361 e. The maximum absolute atomic E-state index is 8.77. The molecule has 0 aliphatic heterocycles. The lowest BCUT2D eigenvalue weighted by atomic mass is 9.98. The first-order valence-corrected chi connectivity index (χ1v) is 4.58. The maximum Gasteiger partial charge on any atom is 0.296 e. The standard InChI is InChI=1S/C12H14N2/c1-9(2)12(10(3)14-13)11-7-5-4-6-8-11/h4-8H,1-3H3. The summed E-state index contributed by atoms with van der Waals surface area (Å²) in [5, 5.41) is 0. The van der Waals surface area contributed by atoms with Gasteiger partial charge in [0.05, 0.1) is 5.57 Å². The van der Waals surface area contributed by atoms with Gasteiger partial charge >= 0.3 is 0 Å². The van der Waals surface area contributed by atoms with Crippen molar-refractivity contribution in [2.45, 2.75) is 20.8 Å². The Morgan fingerprint density at radius 2 is 1.64 bits per heavy atom. The second kappa shape index (κ2) is 4.54. The molecule has 0 aromatic heterocycles. The highest BCUT2D eigenvalue weighted by Crippen LogP contribution is 2.18. The van der Waals surface area contributed by atoms with Crippen molar-refractivity contribution in [1.29, 1.82) is 0 Å². The molecule has 1 rings (SSSR count). The third-order valence-corrected chi connectivity index (χ3v) is 2.07. The van der Waals surface area contributed by atoms with Gasteiger partial charge in [-0.1, -0.05) is 35.9 Å². The van der Waals surface area contributed by atoms with Crippen molar-refractivity contribution in [3.05, 3.63) is 47.0 Å². The van der Waals surface area contributed by atoms with Crippen molar-refractivity contribution in [3.63, 3.8) is 0 Å². The summed E-state index contributed by atoms with van der Waals surface area (Å²) >= 11 is 0.